The molecule has 0 heterocycles. The fraction of sp³-hybridized carbons (Fsp3) is 0.364. The van der Waals surface area contributed by atoms with Gasteiger partial charge in [0.15, 0.2) is 18.2 Å². The van der Waals surface area contributed by atoms with Crippen LogP contribution < -0.4 is 15.4 Å². The summed E-state index contributed by atoms with van der Waals surface area (Å²) >= 11 is 0. The summed E-state index contributed by atoms with van der Waals surface area (Å²) < 4.78 is 18.5. The van der Waals surface area contributed by atoms with Crippen molar-refractivity contribution in [2.75, 3.05) is 20.7 Å². The van der Waals surface area contributed by atoms with Crippen LogP contribution in [0.2, 0.25) is 0 Å². The minimum atomic E-state index is -0.461. The van der Waals surface area contributed by atoms with Crippen LogP contribution in [0.25, 0.3) is 0 Å². The maximum absolute atomic E-state index is 13.4. The second-order valence-corrected chi connectivity index (χ2v) is 3.26. The van der Waals surface area contributed by atoms with Gasteiger partial charge < -0.3 is 15.4 Å². The highest BCUT2D eigenvalue weighted by Gasteiger charge is 2.06. The van der Waals surface area contributed by atoms with E-state index in [0.29, 0.717) is 6.54 Å². The van der Waals surface area contributed by atoms with Crippen LogP contribution in [0.15, 0.2) is 18.2 Å². The number of carbonyl (C=O) groups is 1. The number of ether oxygens (including phenoxy) is 1. The topological polar surface area (TPSA) is 50.4 Å². The summed E-state index contributed by atoms with van der Waals surface area (Å²) in [6.45, 7) is 0.408. The lowest BCUT2D eigenvalue weighted by Gasteiger charge is -2.07. The Morgan fingerprint density at radius 2 is 2.19 bits per heavy atom. The number of nitrogens with one attached hydrogen (secondary N) is 2. The smallest absolute Gasteiger partial charge is 0.257 e. The lowest BCUT2D eigenvalue weighted by Crippen LogP contribution is -2.25. The van der Waals surface area contributed by atoms with Gasteiger partial charge in [-0.15, -0.1) is 0 Å². The van der Waals surface area contributed by atoms with Crippen LogP contribution >= 0.6 is 0 Å². The van der Waals surface area contributed by atoms with E-state index in [2.05, 4.69) is 10.6 Å². The molecule has 0 bridgehead atoms. The summed E-state index contributed by atoms with van der Waals surface area (Å²) in [6.07, 6.45) is 0. The van der Waals surface area contributed by atoms with Gasteiger partial charge in [-0.05, 0) is 24.7 Å². The third kappa shape index (κ3) is 3.51. The standard InChI is InChI=1S/C11H15FN2O2/c1-13-6-8-3-4-10(9(12)5-8)16-7-11(15)14-2/h3-5,13H,6-7H2,1-2H3,(H,14,15). The van der Waals surface area contributed by atoms with Gasteiger partial charge in [0.25, 0.3) is 5.91 Å². The van der Waals surface area contributed by atoms with Gasteiger partial charge in [0.2, 0.25) is 0 Å². The van der Waals surface area contributed by atoms with Crippen molar-refractivity contribution in [3.63, 3.8) is 0 Å². The highest BCUT2D eigenvalue weighted by Crippen LogP contribution is 2.18. The van der Waals surface area contributed by atoms with Gasteiger partial charge in [-0.2, -0.15) is 0 Å². The zero-order valence-corrected chi connectivity index (χ0v) is 9.34. The molecule has 0 atom stereocenters. The summed E-state index contributed by atoms with van der Waals surface area (Å²) in [6, 6.07) is 4.65. The number of hydrogen-bond donors (Lipinski definition) is 2. The van der Waals surface area contributed by atoms with Gasteiger partial charge in [0.1, 0.15) is 0 Å². The highest BCUT2D eigenvalue weighted by atomic mass is 19.1. The van der Waals surface area contributed by atoms with Gasteiger partial charge in [0, 0.05) is 13.6 Å². The van der Waals surface area contributed by atoms with Crippen LogP contribution in [0.3, 0.4) is 0 Å². The van der Waals surface area contributed by atoms with Crippen LogP contribution in [0, 0.1) is 5.82 Å². The van der Waals surface area contributed by atoms with Crippen molar-refractivity contribution < 1.29 is 13.9 Å². The van der Waals surface area contributed by atoms with E-state index in [1.807, 2.05) is 0 Å². The molecule has 0 saturated carbocycles. The van der Waals surface area contributed by atoms with E-state index in [4.69, 9.17) is 4.74 Å². The monoisotopic (exact) mass is 226 g/mol. The number of carbonyl (C=O) groups excluding carboxylic acids is 1. The van der Waals surface area contributed by atoms with Gasteiger partial charge in [0.05, 0.1) is 0 Å². The summed E-state index contributed by atoms with van der Waals surface area (Å²) in [5.74, 6) is -0.668. The van der Waals surface area contributed by atoms with E-state index >= 15 is 0 Å². The molecule has 0 aromatic heterocycles. The van der Waals surface area contributed by atoms with E-state index in [0.717, 1.165) is 5.56 Å². The molecular weight excluding hydrogens is 211 g/mol. The lowest BCUT2D eigenvalue weighted by molar-refractivity contribution is -0.122. The average Bonchev–Trinajstić information content (AvgIpc) is 2.28. The third-order valence-corrected chi connectivity index (χ3v) is 2.01. The summed E-state index contributed by atoms with van der Waals surface area (Å²) in [4.78, 5) is 10.9. The normalized spacial score (nSPS) is 9.94. The first-order valence-electron chi connectivity index (χ1n) is 4.93. The Morgan fingerprint density at radius 1 is 1.44 bits per heavy atom. The molecule has 4 nitrogen and oxygen atoms in total. The molecule has 1 rings (SSSR count). The second kappa shape index (κ2) is 6.07. The molecule has 0 aliphatic carbocycles. The molecule has 5 heteroatoms. The third-order valence-electron chi connectivity index (χ3n) is 2.01. The Balaban J connectivity index is 2.64. The number of amides is 1. The van der Waals surface area contributed by atoms with Gasteiger partial charge in [-0.1, -0.05) is 6.07 Å². The molecule has 0 aliphatic rings. The van der Waals surface area contributed by atoms with Crippen molar-refractivity contribution in [3.05, 3.63) is 29.6 Å². The second-order valence-electron chi connectivity index (χ2n) is 3.26. The van der Waals surface area contributed by atoms with Crippen LogP contribution in [0.4, 0.5) is 4.39 Å². The van der Waals surface area contributed by atoms with Crippen molar-refractivity contribution >= 4 is 5.91 Å². The first-order chi connectivity index (χ1) is 7.67. The Labute approximate surface area is 93.8 Å². The highest BCUT2D eigenvalue weighted by molar-refractivity contribution is 5.77. The van der Waals surface area contributed by atoms with E-state index in [1.54, 1.807) is 13.1 Å². The molecule has 0 radical (unpaired) electrons. The lowest BCUT2D eigenvalue weighted by atomic mass is 10.2. The molecule has 0 fully saturated rings. The average molecular weight is 226 g/mol. The Hall–Kier alpha value is -1.62. The summed E-state index contributed by atoms with van der Waals surface area (Å²) in [7, 11) is 3.28. The molecular formula is C11H15FN2O2. The molecule has 1 amide bonds. The zero-order chi connectivity index (χ0) is 12.0. The predicted molar refractivity (Wildman–Crippen MR) is 58.7 cm³/mol. The zero-order valence-electron chi connectivity index (χ0n) is 9.34. The van der Waals surface area contributed by atoms with Crippen molar-refractivity contribution in [1.82, 2.24) is 10.6 Å². The molecule has 1 aromatic carbocycles. The first kappa shape index (κ1) is 12.4. The predicted octanol–water partition coefficient (Wildman–Crippen LogP) is 0.670. The number of halogens is 1. The Bertz CT molecular complexity index is 369. The molecule has 88 valence electrons. The van der Waals surface area contributed by atoms with Crippen LogP contribution in [-0.2, 0) is 11.3 Å². The number of benzene rings is 1. The van der Waals surface area contributed by atoms with E-state index in [9.17, 15) is 9.18 Å². The van der Waals surface area contributed by atoms with E-state index in [-0.39, 0.29) is 18.3 Å². The van der Waals surface area contributed by atoms with Crippen molar-refractivity contribution in [2.24, 2.45) is 0 Å². The maximum Gasteiger partial charge on any atom is 0.257 e. The quantitative estimate of drug-likeness (QED) is 0.776. The summed E-state index contributed by atoms with van der Waals surface area (Å²) in [5, 5.41) is 5.31. The molecule has 16 heavy (non-hydrogen) atoms. The number of likely N-dealkylation sites (N-methyl/N-ethyl adjacent to an activating group) is 1. The molecule has 0 saturated heterocycles. The minimum Gasteiger partial charge on any atom is -0.481 e. The largest absolute Gasteiger partial charge is 0.481 e. The van der Waals surface area contributed by atoms with Crippen molar-refractivity contribution in [3.8, 4) is 5.75 Å². The molecule has 0 spiro atoms. The van der Waals surface area contributed by atoms with Crippen LogP contribution in [-0.4, -0.2) is 26.6 Å². The van der Waals surface area contributed by atoms with Gasteiger partial charge >= 0.3 is 0 Å². The first-order valence-corrected chi connectivity index (χ1v) is 4.93. The maximum atomic E-state index is 13.4. The number of rotatable bonds is 5. The Kier molecular flexibility index (Phi) is 4.72. The molecule has 1 aromatic rings. The van der Waals surface area contributed by atoms with Crippen molar-refractivity contribution in [1.29, 1.82) is 0 Å². The minimum absolute atomic E-state index is 0.0865. The summed E-state index contributed by atoms with van der Waals surface area (Å²) in [5.41, 5.74) is 0.826. The Morgan fingerprint density at radius 3 is 2.75 bits per heavy atom. The number of hydrogen-bond acceptors (Lipinski definition) is 3. The van der Waals surface area contributed by atoms with E-state index in [1.165, 1.54) is 19.2 Å². The van der Waals surface area contributed by atoms with Crippen LogP contribution in [0.1, 0.15) is 5.56 Å². The van der Waals surface area contributed by atoms with Crippen molar-refractivity contribution in [2.45, 2.75) is 6.54 Å². The van der Waals surface area contributed by atoms with Gasteiger partial charge in [-0.3, -0.25) is 4.79 Å². The fourth-order valence-corrected chi connectivity index (χ4v) is 1.19. The van der Waals surface area contributed by atoms with Crippen LogP contribution in [0.5, 0.6) is 5.75 Å². The van der Waals surface area contributed by atoms with E-state index < -0.39 is 5.82 Å². The van der Waals surface area contributed by atoms with Gasteiger partial charge in [-0.25, -0.2) is 4.39 Å². The molecule has 0 aliphatic heterocycles. The molecule has 2 N–H and O–H groups in total. The SMILES string of the molecule is CNCc1ccc(OCC(=O)NC)c(F)c1. The molecule has 0 unspecified atom stereocenters. The fourth-order valence-electron chi connectivity index (χ4n) is 1.19.